The number of para-hydroxylation sites is 2. The van der Waals surface area contributed by atoms with Crippen molar-refractivity contribution in [3.05, 3.63) is 24.3 Å². The van der Waals surface area contributed by atoms with Crippen molar-refractivity contribution in [2.45, 2.75) is 12.8 Å². The van der Waals surface area contributed by atoms with Crippen LogP contribution in [0.2, 0.25) is 0 Å². The van der Waals surface area contributed by atoms with E-state index in [0.29, 0.717) is 0 Å². The third-order valence-corrected chi connectivity index (χ3v) is 2.38. The molecular weight excluding hydrogens is 174 g/mol. The summed E-state index contributed by atoms with van der Waals surface area (Å²) in [5.74, 6) is 0. The van der Waals surface area contributed by atoms with Gasteiger partial charge in [0.25, 0.3) is 0 Å². The lowest BCUT2D eigenvalue weighted by molar-refractivity contribution is 0.949. The molecule has 4 N–H and O–H groups in total. The number of nitrogen functional groups attached to an aromatic ring is 1. The zero-order valence-electron chi connectivity index (χ0n) is 8.74. The Morgan fingerprint density at radius 1 is 1.07 bits per heavy atom. The molecule has 1 aliphatic heterocycles. The van der Waals surface area contributed by atoms with E-state index in [4.69, 9.17) is 5.73 Å². The van der Waals surface area contributed by atoms with Crippen LogP contribution in [-0.2, 0) is 0 Å². The van der Waals surface area contributed by atoms with Crippen LogP contribution in [0.4, 0.5) is 11.4 Å². The van der Waals surface area contributed by atoms with E-state index >= 15 is 0 Å². The Morgan fingerprint density at radius 3 is 2.21 bits per heavy atom. The maximum Gasteiger partial charge on any atom is 0.0599 e. The Kier molecular flexibility index (Phi) is 4.26. The Balaban J connectivity index is 0.000000461. The highest BCUT2D eigenvalue weighted by molar-refractivity contribution is 5.67. The van der Waals surface area contributed by atoms with Gasteiger partial charge in [-0.1, -0.05) is 12.1 Å². The second-order valence-corrected chi connectivity index (χ2v) is 3.25. The number of hydrogen-bond donors (Lipinski definition) is 2. The van der Waals surface area contributed by atoms with Gasteiger partial charge in [-0.05, 0) is 32.0 Å². The van der Waals surface area contributed by atoms with Crippen LogP contribution in [0.5, 0.6) is 0 Å². The van der Waals surface area contributed by atoms with Crippen LogP contribution in [0.3, 0.4) is 0 Å². The second kappa shape index (κ2) is 5.50. The average Bonchev–Trinajstić information content (AvgIpc) is 2.75. The van der Waals surface area contributed by atoms with Gasteiger partial charge in [0.05, 0.1) is 11.4 Å². The van der Waals surface area contributed by atoms with Crippen molar-refractivity contribution in [1.29, 1.82) is 0 Å². The summed E-state index contributed by atoms with van der Waals surface area (Å²) in [5.41, 5.74) is 12.5. The molecule has 0 radical (unpaired) electrons. The molecule has 0 saturated carbocycles. The minimum absolute atomic E-state index is 0.902. The second-order valence-electron chi connectivity index (χ2n) is 3.25. The fourth-order valence-electron chi connectivity index (χ4n) is 1.73. The van der Waals surface area contributed by atoms with Crippen LogP contribution in [0.1, 0.15) is 12.8 Å². The van der Waals surface area contributed by atoms with E-state index in [1.165, 1.54) is 25.6 Å². The lowest BCUT2D eigenvalue weighted by Gasteiger charge is -2.19. The van der Waals surface area contributed by atoms with Gasteiger partial charge in [0.1, 0.15) is 0 Å². The van der Waals surface area contributed by atoms with Crippen LogP contribution < -0.4 is 16.4 Å². The number of nitrogens with zero attached hydrogens (tertiary/aromatic N) is 1. The largest absolute Gasteiger partial charge is 0.397 e. The molecular formula is C11H19N3. The number of anilines is 2. The summed E-state index contributed by atoms with van der Waals surface area (Å²) in [4.78, 5) is 2.36. The molecule has 78 valence electrons. The summed E-state index contributed by atoms with van der Waals surface area (Å²) < 4.78 is 0. The fourth-order valence-corrected chi connectivity index (χ4v) is 1.73. The normalized spacial score (nSPS) is 14.9. The Labute approximate surface area is 85.7 Å². The minimum atomic E-state index is 0.902. The van der Waals surface area contributed by atoms with Crippen molar-refractivity contribution in [1.82, 2.24) is 0 Å². The molecule has 0 amide bonds. The zero-order valence-corrected chi connectivity index (χ0v) is 8.74. The van der Waals surface area contributed by atoms with Crippen LogP contribution in [0, 0.1) is 0 Å². The molecule has 0 bridgehead atoms. The zero-order chi connectivity index (χ0) is 10.4. The van der Waals surface area contributed by atoms with Gasteiger partial charge in [-0.15, -0.1) is 0 Å². The predicted octanol–water partition coefficient (Wildman–Crippen LogP) is 1.44. The number of benzene rings is 1. The Bertz CT molecular complexity index is 267. The molecule has 0 aliphatic carbocycles. The molecule has 2 rings (SSSR count). The first kappa shape index (κ1) is 10.9. The first-order chi connectivity index (χ1) is 6.88. The van der Waals surface area contributed by atoms with Crippen LogP contribution >= 0.6 is 0 Å². The first-order valence-corrected chi connectivity index (χ1v) is 5.05. The van der Waals surface area contributed by atoms with Crippen molar-refractivity contribution in [3.8, 4) is 0 Å². The maximum absolute atomic E-state index is 5.86. The molecule has 1 saturated heterocycles. The number of hydrogen-bond acceptors (Lipinski definition) is 3. The maximum atomic E-state index is 5.86. The predicted molar refractivity (Wildman–Crippen MR) is 62.4 cm³/mol. The molecule has 14 heavy (non-hydrogen) atoms. The van der Waals surface area contributed by atoms with Crippen LogP contribution in [0.25, 0.3) is 0 Å². The van der Waals surface area contributed by atoms with Gasteiger partial charge >= 0.3 is 0 Å². The van der Waals surface area contributed by atoms with Crippen molar-refractivity contribution in [2.24, 2.45) is 5.73 Å². The summed E-state index contributed by atoms with van der Waals surface area (Å²) in [6, 6.07) is 8.09. The molecule has 0 aromatic heterocycles. The van der Waals surface area contributed by atoms with E-state index in [0.717, 1.165) is 18.8 Å². The first-order valence-electron chi connectivity index (χ1n) is 5.05. The highest BCUT2D eigenvalue weighted by Gasteiger charge is 2.13. The van der Waals surface area contributed by atoms with Gasteiger partial charge in [0.2, 0.25) is 0 Å². The van der Waals surface area contributed by atoms with E-state index in [2.05, 4.69) is 16.7 Å². The molecule has 3 heteroatoms. The molecule has 3 nitrogen and oxygen atoms in total. The lowest BCUT2D eigenvalue weighted by atomic mass is 10.2. The molecule has 0 spiro atoms. The molecule has 1 aromatic carbocycles. The SMILES string of the molecule is CN.Nc1ccccc1N1CCCC1. The number of rotatable bonds is 1. The van der Waals surface area contributed by atoms with Crippen molar-refractivity contribution in [2.75, 3.05) is 30.8 Å². The molecule has 0 unspecified atom stereocenters. The monoisotopic (exact) mass is 193 g/mol. The molecule has 1 heterocycles. The van der Waals surface area contributed by atoms with Gasteiger partial charge in [0.15, 0.2) is 0 Å². The summed E-state index contributed by atoms with van der Waals surface area (Å²) in [7, 11) is 1.50. The third kappa shape index (κ3) is 2.39. The van der Waals surface area contributed by atoms with E-state index in [1.807, 2.05) is 18.2 Å². The topological polar surface area (TPSA) is 55.3 Å². The third-order valence-electron chi connectivity index (χ3n) is 2.38. The minimum Gasteiger partial charge on any atom is -0.397 e. The average molecular weight is 193 g/mol. The molecule has 1 aliphatic rings. The quantitative estimate of drug-likeness (QED) is 0.664. The van der Waals surface area contributed by atoms with Gasteiger partial charge in [-0.3, -0.25) is 0 Å². The van der Waals surface area contributed by atoms with Gasteiger partial charge in [-0.25, -0.2) is 0 Å². The lowest BCUT2D eigenvalue weighted by Crippen LogP contribution is -2.18. The molecule has 0 atom stereocenters. The van der Waals surface area contributed by atoms with Crippen molar-refractivity contribution >= 4 is 11.4 Å². The Morgan fingerprint density at radius 2 is 1.64 bits per heavy atom. The summed E-state index contributed by atoms with van der Waals surface area (Å²) in [6.07, 6.45) is 2.60. The summed E-state index contributed by atoms with van der Waals surface area (Å²) in [6.45, 7) is 2.32. The van der Waals surface area contributed by atoms with Crippen molar-refractivity contribution < 1.29 is 0 Å². The van der Waals surface area contributed by atoms with Crippen LogP contribution in [0.15, 0.2) is 24.3 Å². The summed E-state index contributed by atoms with van der Waals surface area (Å²) >= 11 is 0. The standard InChI is InChI=1S/C10H14N2.CH5N/c11-9-5-1-2-6-10(9)12-7-3-4-8-12;1-2/h1-2,5-6H,3-4,7-8,11H2;2H2,1H3. The molecule has 1 aromatic rings. The van der Waals surface area contributed by atoms with Crippen LogP contribution in [-0.4, -0.2) is 20.1 Å². The van der Waals surface area contributed by atoms with Gasteiger partial charge in [0, 0.05) is 13.1 Å². The van der Waals surface area contributed by atoms with E-state index in [9.17, 15) is 0 Å². The highest BCUT2D eigenvalue weighted by Crippen LogP contribution is 2.25. The highest BCUT2D eigenvalue weighted by atomic mass is 15.1. The smallest absolute Gasteiger partial charge is 0.0599 e. The van der Waals surface area contributed by atoms with E-state index in [1.54, 1.807) is 0 Å². The van der Waals surface area contributed by atoms with E-state index in [-0.39, 0.29) is 0 Å². The Hall–Kier alpha value is -1.22. The van der Waals surface area contributed by atoms with Gasteiger partial charge in [-0.2, -0.15) is 0 Å². The molecule has 1 fully saturated rings. The van der Waals surface area contributed by atoms with Crippen molar-refractivity contribution in [3.63, 3.8) is 0 Å². The fraction of sp³-hybridized carbons (Fsp3) is 0.455. The van der Waals surface area contributed by atoms with Gasteiger partial charge < -0.3 is 16.4 Å². The van der Waals surface area contributed by atoms with E-state index < -0.39 is 0 Å². The number of nitrogens with two attached hydrogens (primary N) is 2. The summed E-state index contributed by atoms with van der Waals surface area (Å²) in [5, 5.41) is 0.